The third-order valence-corrected chi connectivity index (χ3v) is 2.83. The van der Waals surface area contributed by atoms with E-state index in [0.717, 1.165) is 6.42 Å². The normalized spacial score (nSPS) is 9.83. The minimum atomic E-state index is -0.136. The van der Waals surface area contributed by atoms with Gasteiger partial charge in [-0.3, -0.25) is 4.79 Å². The molecule has 1 rings (SSSR count). The molecule has 0 amide bonds. The summed E-state index contributed by atoms with van der Waals surface area (Å²) in [5.74, 6) is -0.136. The van der Waals surface area contributed by atoms with E-state index in [9.17, 15) is 4.79 Å². The van der Waals surface area contributed by atoms with Crippen molar-refractivity contribution in [1.82, 2.24) is 0 Å². The van der Waals surface area contributed by atoms with Crippen molar-refractivity contribution in [3.63, 3.8) is 0 Å². The van der Waals surface area contributed by atoms with Crippen molar-refractivity contribution in [3.8, 4) is 0 Å². The first-order valence-electron chi connectivity index (χ1n) is 3.84. The van der Waals surface area contributed by atoms with Gasteiger partial charge < -0.3 is 4.74 Å². The zero-order valence-electron chi connectivity index (χ0n) is 7.29. The number of rotatable bonds is 3. The number of aryl methyl sites for hydroxylation is 2. The lowest BCUT2D eigenvalue weighted by Crippen LogP contribution is -2.01. The van der Waals surface area contributed by atoms with E-state index in [1.165, 1.54) is 17.6 Å². The Kier molecular flexibility index (Phi) is 3.29. The summed E-state index contributed by atoms with van der Waals surface area (Å²) >= 11 is 1.69. The topological polar surface area (TPSA) is 26.3 Å². The fraction of sp³-hybridized carbons (Fsp3) is 0.444. The molecule has 0 bridgehead atoms. The second-order valence-electron chi connectivity index (χ2n) is 2.60. The smallest absolute Gasteiger partial charge is 0.305 e. The number of carbonyl (C=O) groups excluding carboxylic acids is 1. The Bertz CT molecular complexity index is 265. The zero-order chi connectivity index (χ0) is 8.97. The Labute approximate surface area is 76.2 Å². The van der Waals surface area contributed by atoms with Crippen molar-refractivity contribution in [2.24, 2.45) is 0 Å². The Morgan fingerprint density at radius 3 is 2.92 bits per heavy atom. The molecule has 0 spiro atoms. The lowest BCUT2D eigenvalue weighted by Gasteiger charge is -1.98. The maximum Gasteiger partial charge on any atom is 0.305 e. The summed E-state index contributed by atoms with van der Waals surface area (Å²) in [6.45, 7) is 2.06. The molecule has 0 saturated heterocycles. The third-order valence-electron chi connectivity index (χ3n) is 1.75. The van der Waals surface area contributed by atoms with Gasteiger partial charge in [-0.15, -0.1) is 11.3 Å². The molecule has 0 atom stereocenters. The van der Waals surface area contributed by atoms with Gasteiger partial charge in [0.15, 0.2) is 0 Å². The monoisotopic (exact) mass is 184 g/mol. The summed E-state index contributed by atoms with van der Waals surface area (Å²) < 4.78 is 4.55. The van der Waals surface area contributed by atoms with Gasteiger partial charge in [-0.1, -0.05) is 0 Å². The van der Waals surface area contributed by atoms with Gasteiger partial charge in [-0.25, -0.2) is 0 Å². The van der Waals surface area contributed by atoms with E-state index in [0.29, 0.717) is 6.42 Å². The van der Waals surface area contributed by atoms with Crippen LogP contribution in [0.25, 0.3) is 0 Å². The summed E-state index contributed by atoms with van der Waals surface area (Å²) in [7, 11) is 1.42. The van der Waals surface area contributed by atoms with Crippen molar-refractivity contribution in [1.29, 1.82) is 0 Å². The van der Waals surface area contributed by atoms with Crippen LogP contribution >= 0.6 is 11.3 Å². The zero-order valence-corrected chi connectivity index (χ0v) is 8.11. The number of esters is 1. The number of hydrogen-bond acceptors (Lipinski definition) is 3. The molecule has 0 aliphatic heterocycles. The highest BCUT2D eigenvalue weighted by molar-refractivity contribution is 7.10. The predicted molar refractivity (Wildman–Crippen MR) is 49.4 cm³/mol. The highest BCUT2D eigenvalue weighted by Crippen LogP contribution is 2.17. The van der Waals surface area contributed by atoms with Crippen molar-refractivity contribution < 1.29 is 9.53 Å². The fourth-order valence-electron chi connectivity index (χ4n) is 0.978. The summed E-state index contributed by atoms with van der Waals surface area (Å²) in [5.41, 5.74) is 1.27. The van der Waals surface area contributed by atoms with Gasteiger partial charge in [-0.05, 0) is 30.4 Å². The van der Waals surface area contributed by atoms with Gasteiger partial charge in [0.25, 0.3) is 0 Å². The second-order valence-corrected chi connectivity index (χ2v) is 3.60. The molecule has 2 nitrogen and oxygen atoms in total. The number of hydrogen-bond donors (Lipinski definition) is 0. The van der Waals surface area contributed by atoms with Gasteiger partial charge >= 0.3 is 5.97 Å². The first kappa shape index (κ1) is 9.26. The van der Waals surface area contributed by atoms with E-state index in [1.54, 1.807) is 11.3 Å². The lowest BCUT2D eigenvalue weighted by atomic mass is 10.2. The van der Waals surface area contributed by atoms with Crippen LogP contribution in [0.4, 0.5) is 0 Å². The van der Waals surface area contributed by atoms with E-state index in [-0.39, 0.29) is 5.97 Å². The SMILES string of the molecule is COC(=O)CCc1sccc1C. The van der Waals surface area contributed by atoms with E-state index in [2.05, 4.69) is 17.7 Å². The molecular formula is C9H12O2S. The largest absolute Gasteiger partial charge is 0.469 e. The van der Waals surface area contributed by atoms with E-state index in [1.807, 2.05) is 5.38 Å². The van der Waals surface area contributed by atoms with Gasteiger partial charge in [0.2, 0.25) is 0 Å². The van der Waals surface area contributed by atoms with Crippen LogP contribution in [0, 0.1) is 6.92 Å². The molecule has 0 N–H and O–H groups in total. The standard InChI is InChI=1S/C9H12O2S/c1-7-5-6-12-8(7)3-4-9(10)11-2/h5-6H,3-4H2,1-2H3. The Morgan fingerprint density at radius 1 is 1.67 bits per heavy atom. The molecule has 0 unspecified atom stereocenters. The number of carbonyl (C=O) groups is 1. The Morgan fingerprint density at radius 2 is 2.42 bits per heavy atom. The van der Waals surface area contributed by atoms with Crippen LogP contribution in [-0.4, -0.2) is 13.1 Å². The summed E-state index contributed by atoms with van der Waals surface area (Å²) in [6, 6.07) is 2.07. The lowest BCUT2D eigenvalue weighted by molar-refractivity contribution is -0.140. The Balaban J connectivity index is 2.43. The minimum Gasteiger partial charge on any atom is -0.469 e. The van der Waals surface area contributed by atoms with Crippen LogP contribution in [0.5, 0.6) is 0 Å². The highest BCUT2D eigenvalue weighted by Gasteiger charge is 2.04. The van der Waals surface area contributed by atoms with Crippen LogP contribution in [0.2, 0.25) is 0 Å². The maximum atomic E-state index is 10.8. The van der Waals surface area contributed by atoms with E-state index < -0.39 is 0 Å². The van der Waals surface area contributed by atoms with Gasteiger partial charge in [0.1, 0.15) is 0 Å². The van der Waals surface area contributed by atoms with Crippen LogP contribution in [-0.2, 0) is 16.0 Å². The van der Waals surface area contributed by atoms with Gasteiger partial charge in [0, 0.05) is 4.88 Å². The second kappa shape index (κ2) is 4.26. The van der Waals surface area contributed by atoms with Gasteiger partial charge in [0.05, 0.1) is 13.5 Å². The molecule has 0 radical (unpaired) electrons. The van der Waals surface area contributed by atoms with Crippen molar-refractivity contribution >= 4 is 17.3 Å². The van der Waals surface area contributed by atoms with Gasteiger partial charge in [-0.2, -0.15) is 0 Å². The molecule has 0 saturated carbocycles. The first-order chi connectivity index (χ1) is 5.74. The molecule has 1 heterocycles. The molecule has 3 heteroatoms. The fourth-order valence-corrected chi connectivity index (χ4v) is 1.89. The maximum absolute atomic E-state index is 10.8. The number of thiophene rings is 1. The average Bonchev–Trinajstić information content (AvgIpc) is 2.47. The molecule has 66 valence electrons. The highest BCUT2D eigenvalue weighted by atomic mass is 32.1. The molecule has 0 fully saturated rings. The molecular weight excluding hydrogens is 172 g/mol. The third kappa shape index (κ3) is 2.34. The van der Waals surface area contributed by atoms with Crippen LogP contribution in [0.3, 0.4) is 0 Å². The number of ether oxygens (including phenoxy) is 1. The van der Waals surface area contributed by atoms with E-state index >= 15 is 0 Å². The molecule has 1 aromatic heterocycles. The molecule has 0 aromatic carbocycles. The van der Waals surface area contributed by atoms with E-state index in [4.69, 9.17) is 0 Å². The number of methoxy groups -OCH3 is 1. The predicted octanol–water partition coefficient (Wildman–Crippen LogP) is 2.16. The Hall–Kier alpha value is -0.830. The van der Waals surface area contributed by atoms with Crippen LogP contribution < -0.4 is 0 Å². The molecule has 12 heavy (non-hydrogen) atoms. The van der Waals surface area contributed by atoms with Crippen molar-refractivity contribution in [2.75, 3.05) is 7.11 Å². The summed E-state index contributed by atoms with van der Waals surface area (Å²) in [6.07, 6.45) is 1.29. The van der Waals surface area contributed by atoms with Crippen molar-refractivity contribution in [3.05, 3.63) is 21.9 Å². The van der Waals surface area contributed by atoms with Crippen LogP contribution in [0.1, 0.15) is 16.9 Å². The van der Waals surface area contributed by atoms with Crippen molar-refractivity contribution in [2.45, 2.75) is 19.8 Å². The first-order valence-corrected chi connectivity index (χ1v) is 4.72. The molecule has 0 aliphatic rings. The average molecular weight is 184 g/mol. The summed E-state index contributed by atoms with van der Waals surface area (Å²) in [4.78, 5) is 12.1. The summed E-state index contributed by atoms with van der Waals surface area (Å²) in [5, 5.41) is 2.04. The quantitative estimate of drug-likeness (QED) is 0.673. The molecule has 0 aliphatic carbocycles. The molecule has 1 aromatic rings. The van der Waals surface area contributed by atoms with Crippen LogP contribution in [0.15, 0.2) is 11.4 Å². The minimum absolute atomic E-state index is 0.136.